The number of hydrogen-bond donors (Lipinski definition) is 2. The topological polar surface area (TPSA) is 76.2 Å². The van der Waals surface area contributed by atoms with Gasteiger partial charge in [0.15, 0.2) is 0 Å². The summed E-state index contributed by atoms with van der Waals surface area (Å²) in [7, 11) is 0. The Balaban J connectivity index is 1.95. The van der Waals surface area contributed by atoms with Crippen LogP contribution in [0.25, 0.3) is 28.0 Å². The molecule has 150 valence electrons. The maximum absolute atomic E-state index is 12.5. The van der Waals surface area contributed by atoms with Crippen molar-refractivity contribution in [1.82, 2.24) is 14.6 Å². The fraction of sp³-hybridized carbons (Fsp3) is 0.130. The van der Waals surface area contributed by atoms with Crippen LogP contribution in [0, 0.1) is 25.7 Å². The van der Waals surface area contributed by atoms with Crippen molar-refractivity contribution in [3.05, 3.63) is 79.7 Å². The van der Waals surface area contributed by atoms with E-state index >= 15 is 0 Å². The molecule has 3 N–H and O–H groups in total. The first-order valence-corrected chi connectivity index (χ1v) is 10.0. The highest BCUT2D eigenvalue weighted by atomic mass is 35.5. The molecule has 0 saturated heterocycles. The Bertz CT molecular complexity index is 1410. The van der Waals surface area contributed by atoms with E-state index in [1.807, 2.05) is 38.1 Å². The van der Waals surface area contributed by atoms with E-state index in [-0.39, 0.29) is 5.56 Å². The zero-order valence-corrected chi connectivity index (χ0v) is 17.9. The lowest BCUT2D eigenvalue weighted by molar-refractivity contribution is 0.917. The van der Waals surface area contributed by atoms with Gasteiger partial charge in [-0.25, -0.2) is 4.52 Å². The lowest BCUT2D eigenvalue weighted by Gasteiger charge is -2.09. The molecule has 0 amide bonds. The van der Waals surface area contributed by atoms with Gasteiger partial charge in [0.25, 0.3) is 5.56 Å². The summed E-state index contributed by atoms with van der Waals surface area (Å²) in [5.41, 5.74) is 11.7. The number of aromatic amines is 1. The van der Waals surface area contributed by atoms with E-state index in [1.165, 1.54) is 0 Å². The highest BCUT2D eigenvalue weighted by Crippen LogP contribution is 2.33. The standard InChI is InChI=1S/C23H18Cl2N4O/c1-13-10-15(4-3-9-26)5-7-17(13)20-12-21(30)27-23-22(14(2)28-29(20)23)16-6-8-18(24)19(25)11-16/h5-8,10-12H,9,26H2,1-2H3,(H,27,30). The molecule has 0 atom stereocenters. The van der Waals surface area contributed by atoms with Gasteiger partial charge in [-0.15, -0.1) is 0 Å². The summed E-state index contributed by atoms with van der Waals surface area (Å²) >= 11 is 12.3. The molecule has 0 aliphatic rings. The molecule has 4 aromatic rings. The molecule has 4 rings (SSSR count). The first kappa shape index (κ1) is 20.2. The van der Waals surface area contributed by atoms with E-state index in [0.29, 0.717) is 27.9 Å². The Hall–Kier alpha value is -3.04. The third-order valence-electron chi connectivity index (χ3n) is 4.84. The normalized spacial score (nSPS) is 10.8. The molecule has 30 heavy (non-hydrogen) atoms. The van der Waals surface area contributed by atoms with E-state index in [0.717, 1.165) is 33.5 Å². The number of aromatic nitrogens is 3. The van der Waals surface area contributed by atoms with Gasteiger partial charge in [0, 0.05) is 22.8 Å². The number of fused-ring (bicyclic) bond motifs is 1. The van der Waals surface area contributed by atoms with Crippen molar-refractivity contribution >= 4 is 28.8 Å². The number of aryl methyl sites for hydroxylation is 2. The number of nitrogens with two attached hydrogens (primary N) is 1. The molecule has 2 heterocycles. The second kappa shape index (κ2) is 8.00. The van der Waals surface area contributed by atoms with Crippen molar-refractivity contribution in [2.24, 2.45) is 5.73 Å². The first-order valence-electron chi connectivity index (χ1n) is 9.27. The number of hydrogen-bond acceptors (Lipinski definition) is 3. The van der Waals surface area contributed by atoms with Crippen molar-refractivity contribution in [2.75, 3.05) is 6.54 Å². The fourth-order valence-electron chi connectivity index (χ4n) is 3.53. The minimum Gasteiger partial charge on any atom is -0.320 e. The molecule has 0 bridgehead atoms. The predicted molar refractivity (Wildman–Crippen MR) is 122 cm³/mol. The van der Waals surface area contributed by atoms with Gasteiger partial charge in [-0.1, -0.05) is 47.2 Å². The van der Waals surface area contributed by atoms with E-state index in [4.69, 9.17) is 34.0 Å². The summed E-state index contributed by atoms with van der Waals surface area (Å²) in [6, 6.07) is 12.7. The van der Waals surface area contributed by atoms with Crippen molar-refractivity contribution in [1.29, 1.82) is 0 Å². The molecule has 0 aliphatic heterocycles. The van der Waals surface area contributed by atoms with Gasteiger partial charge in [-0.05, 0) is 49.2 Å². The Morgan fingerprint density at radius 2 is 1.90 bits per heavy atom. The molecule has 0 radical (unpaired) electrons. The molecule has 0 spiro atoms. The van der Waals surface area contributed by atoms with Crippen LogP contribution >= 0.6 is 23.2 Å². The predicted octanol–water partition coefficient (Wildman–Crippen LogP) is 4.59. The second-order valence-electron chi connectivity index (χ2n) is 6.90. The quantitative estimate of drug-likeness (QED) is 0.451. The fourth-order valence-corrected chi connectivity index (χ4v) is 3.82. The summed E-state index contributed by atoms with van der Waals surface area (Å²) in [5.74, 6) is 5.88. The molecular weight excluding hydrogens is 419 g/mol. The number of nitrogens with zero attached hydrogens (tertiary/aromatic N) is 2. The van der Waals surface area contributed by atoms with E-state index in [9.17, 15) is 4.79 Å². The molecule has 0 unspecified atom stereocenters. The highest BCUT2D eigenvalue weighted by molar-refractivity contribution is 6.42. The molecule has 7 heteroatoms. The Morgan fingerprint density at radius 1 is 1.10 bits per heavy atom. The molecule has 2 aromatic carbocycles. The van der Waals surface area contributed by atoms with Crippen LogP contribution in [0.5, 0.6) is 0 Å². The van der Waals surface area contributed by atoms with Gasteiger partial charge in [-0.3, -0.25) is 4.79 Å². The number of halogens is 2. The smallest absolute Gasteiger partial charge is 0.251 e. The second-order valence-corrected chi connectivity index (χ2v) is 7.72. The van der Waals surface area contributed by atoms with Gasteiger partial charge in [0.2, 0.25) is 0 Å². The van der Waals surface area contributed by atoms with Crippen LogP contribution in [0.4, 0.5) is 0 Å². The summed E-state index contributed by atoms with van der Waals surface area (Å²) in [6.07, 6.45) is 0. The molecular formula is C23H18Cl2N4O. The third-order valence-corrected chi connectivity index (χ3v) is 5.58. The van der Waals surface area contributed by atoms with Crippen LogP contribution < -0.4 is 11.3 Å². The van der Waals surface area contributed by atoms with E-state index < -0.39 is 0 Å². The molecule has 5 nitrogen and oxygen atoms in total. The third kappa shape index (κ3) is 3.61. The van der Waals surface area contributed by atoms with Gasteiger partial charge in [0.05, 0.1) is 28.0 Å². The van der Waals surface area contributed by atoms with Crippen molar-refractivity contribution < 1.29 is 0 Å². The minimum absolute atomic E-state index is 0.217. The molecule has 2 aromatic heterocycles. The average molecular weight is 437 g/mol. The summed E-state index contributed by atoms with van der Waals surface area (Å²) in [6.45, 7) is 4.18. The summed E-state index contributed by atoms with van der Waals surface area (Å²) in [5, 5.41) is 5.61. The van der Waals surface area contributed by atoms with Crippen LogP contribution in [0.3, 0.4) is 0 Å². The molecule has 0 aliphatic carbocycles. The number of benzene rings is 2. The van der Waals surface area contributed by atoms with Crippen molar-refractivity contribution in [3.63, 3.8) is 0 Å². The average Bonchev–Trinajstić information content (AvgIpc) is 3.04. The zero-order valence-electron chi connectivity index (χ0n) is 16.4. The summed E-state index contributed by atoms with van der Waals surface area (Å²) in [4.78, 5) is 15.4. The maximum atomic E-state index is 12.5. The van der Waals surface area contributed by atoms with Crippen LogP contribution in [-0.2, 0) is 0 Å². The number of H-pyrrole nitrogens is 1. The number of nitrogens with one attached hydrogen (secondary N) is 1. The molecule has 0 saturated carbocycles. The van der Waals surface area contributed by atoms with Crippen LogP contribution in [-0.4, -0.2) is 21.1 Å². The summed E-state index contributed by atoms with van der Waals surface area (Å²) < 4.78 is 1.75. The monoisotopic (exact) mass is 436 g/mol. The lowest BCUT2D eigenvalue weighted by Crippen LogP contribution is -2.10. The Labute approximate surface area is 183 Å². The van der Waals surface area contributed by atoms with Crippen molar-refractivity contribution in [3.8, 4) is 34.2 Å². The highest BCUT2D eigenvalue weighted by Gasteiger charge is 2.18. The largest absolute Gasteiger partial charge is 0.320 e. The van der Waals surface area contributed by atoms with Gasteiger partial charge in [-0.2, -0.15) is 5.10 Å². The van der Waals surface area contributed by atoms with Crippen LogP contribution in [0.15, 0.2) is 47.3 Å². The van der Waals surface area contributed by atoms with Crippen LogP contribution in [0.1, 0.15) is 16.8 Å². The lowest BCUT2D eigenvalue weighted by atomic mass is 10.0. The first-order chi connectivity index (χ1) is 14.4. The van der Waals surface area contributed by atoms with Gasteiger partial charge >= 0.3 is 0 Å². The van der Waals surface area contributed by atoms with E-state index in [2.05, 4.69) is 16.8 Å². The number of rotatable bonds is 2. The Morgan fingerprint density at radius 3 is 2.60 bits per heavy atom. The zero-order chi connectivity index (χ0) is 21.4. The molecule has 0 fully saturated rings. The van der Waals surface area contributed by atoms with Crippen molar-refractivity contribution in [2.45, 2.75) is 13.8 Å². The Kier molecular flexibility index (Phi) is 5.40. The maximum Gasteiger partial charge on any atom is 0.251 e. The SMILES string of the molecule is Cc1cc(C#CCN)ccc1-c1cc(=O)[nH]c2c(-c3ccc(Cl)c(Cl)c3)c(C)nn12. The van der Waals surface area contributed by atoms with E-state index in [1.54, 1.807) is 22.7 Å². The van der Waals surface area contributed by atoms with Gasteiger partial charge in [0.1, 0.15) is 5.65 Å². The minimum atomic E-state index is -0.217. The van der Waals surface area contributed by atoms with Crippen LogP contribution in [0.2, 0.25) is 10.0 Å². The van der Waals surface area contributed by atoms with Gasteiger partial charge < -0.3 is 10.7 Å².